The number of benzene rings is 2. The van der Waals surface area contributed by atoms with Gasteiger partial charge in [0, 0.05) is 42.3 Å². The molecule has 1 aliphatic heterocycles. The summed E-state index contributed by atoms with van der Waals surface area (Å²) in [4.78, 5) is 30.1. The number of rotatable bonds is 5. The molecule has 2 aromatic carbocycles. The number of carbonyl (C=O) groups is 2. The number of ether oxygens (including phenoxy) is 3. The smallest absolute Gasteiger partial charge is 0.410 e. The summed E-state index contributed by atoms with van der Waals surface area (Å²) >= 11 is 0. The molecule has 0 aliphatic carbocycles. The van der Waals surface area contributed by atoms with Crippen LogP contribution in [0, 0.1) is 17.2 Å². The lowest BCUT2D eigenvalue weighted by Crippen LogP contribution is -2.42. The number of primary amides is 1. The first kappa shape index (κ1) is 26.8. The number of hydrogen-bond donors (Lipinski definition) is 1. The third-order valence-corrected chi connectivity index (χ3v) is 6.79. The molecule has 2 N–H and O–H groups in total. The average Bonchev–Trinajstić information content (AvgIpc) is 3.34. The van der Waals surface area contributed by atoms with E-state index < -0.39 is 11.6 Å². The Morgan fingerprint density at radius 1 is 1.10 bits per heavy atom. The number of likely N-dealkylation sites (tertiary alicyclic amines) is 1. The van der Waals surface area contributed by atoms with Gasteiger partial charge in [0.25, 0.3) is 0 Å². The van der Waals surface area contributed by atoms with E-state index >= 15 is 0 Å². The van der Waals surface area contributed by atoms with E-state index in [1.807, 2.05) is 26.8 Å². The maximum atomic E-state index is 12.3. The minimum atomic E-state index is -0.558. The van der Waals surface area contributed by atoms with Crippen LogP contribution in [0.4, 0.5) is 9.59 Å². The van der Waals surface area contributed by atoms with E-state index in [0.717, 1.165) is 18.2 Å². The molecule has 0 spiro atoms. The second kappa shape index (κ2) is 10.8. The molecular weight excluding hydrogens is 510 g/mol. The molecule has 0 radical (unpaired) electrons. The predicted molar refractivity (Wildman–Crippen MR) is 149 cm³/mol. The first-order valence-corrected chi connectivity index (χ1v) is 13.1. The molecule has 0 unspecified atom stereocenters. The Kier molecular flexibility index (Phi) is 7.22. The number of amides is 2. The Morgan fingerprint density at radius 2 is 1.88 bits per heavy atom. The number of nitrogens with zero attached hydrogens (tertiary/aromatic N) is 4. The fraction of sp³-hybridized carbons (Fsp3) is 0.333. The summed E-state index contributed by atoms with van der Waals surface area (Å²) < 4.78 is 19.1. The number of piperidine rings is 1. The van der Waals surface area contributed by atoms with Gasteiger partial charge in [0.2, 0.25) is 0 Å². The van der Waals surface area contributed by atoms with Crippen molar-refractivity contribution in [3.05, 3.63) is 60.4 Å². The van der Waals surface area contributed by atoms with Crippen LogP contribution in [0.3, 0.4) is 0 Å². The van der Waals surface area contributed by atoms with Crippen molar-refractivity contribution in [3.63, 3.8) is 0 Å². The molecular formula is C30H31N5O5. The summed E-state index contributed by atoms with van der Waals surface area (Å²) in [6.07, 6.45) is 4.54. The molecule has 10 heteroatoms. The molecule has 40 heavy (non-hydrogen) atoms. The van der Waals surface area contributed by atoms with Crippen LogP contribution in [0.1, 0.15) is 39.2 Å². The largest absolute Gasteiger partial charge is 0.492 e. The zero-order valence-corrected chi connectivity index (χ0v) is 22.7. The van der Waals surface area contributed by atoms with Crippen molar-refractivity contribution in [1.29, 1.82) is 5.26 Å². The number of carbonyl (C=O) groups excluding carboxylic acids is 2. The van der Waals surface area contributed by atoms with Gasteiger partial charge >= 0.3 is 12.1 Å². The molecule has 1 fully saturated rings. The molecule has 206 valence electrons. The SMILES string of the molecule is CC(C)(C)OC(=O)N1CCC(COc2cc3nccc(Oc4ccc5c(ccn5C(N)=O)c4)c3cc2C#N)CC1. The van der Waals surface area contributed by atoms with Crippen molar-refractivity contribution in [2.45, 2.75) is 39.2 Å². The summed E-state index contributed by atoms with van der Waals surface area (Å²) in [5.74, 6) is 1.82. The summed E-state index contributed by atoms with van der Waals surface area (Å²) in [6.45, 7) is 7.22. The van der Waals surface area contributed by atoms with Crippen LogP contribution >= 0.6 is 0 Å². The first-order valence-electron chi connectivity index (χ1n) is 13.1. The van der Waals surface area contributed by atoms with Crippen molar-refractivity contribution in [1.82, 2.24) is 14.5 Å². The van der Waals surface area contributed by atoms with Crippen LogP contribution in [0.25, 0.3) is 21.8 Å². The molecule has 3 heterocycles. The van der Waals surface area contributed by atoms with E-state index in [1.165, 1.54) is 4.57 Å². The minimum absolute atomic E-state index is 0.253. The quantitative estimate of drug-likeness (QED) is 0.337. The first-order chi connectivity index (χ1) is 19.1. The zero-order chi connectivity index (χ0) is 28.4. The van der Waals surface area contributed by atoms with Crippen LogP contribution in [0.15, 0.2) is 54.9 Å². The van der Waals surface area contributed by atoms with Crippen LogP contribution in [0.5, 0.6) is 17.2 Å². The highest BCUT2D eigenvalue weighted by Crippen LogP contribution is 2.34. The van der Waals surface area contributed by atoms with E-state index in [-0.39, 0.29) is 12.0 Å². The summed E-state index contributed by atoms with van der Waals surface area (Å²) in [5, 5.41) is 11.3. The van der Waals surface area contributed by atoms with Crippen molar-refractivity contribution < 1.29 is 23.8 Å². The zero-order valence-electron chi connectivity index (χ0n) is 22.7. The van der Waals surface area contributed by atoms with Gasteiger partial charge in [0.05, 0.1) is 23.2 Å². The summed E-state index contributed by atoms with van der Waals surface area (Å²) in [6, 6.07) is 14.0. The summed E-state index contributed by atoms with van der Waals surface area (Å²) in [5.41, 5.74) is 6.59. The van der Waals surface area contributed by atoms with Gasteiger partial charge in [0.15, 0.2) is 0 Å². The molecule has 0 bridgehead atoms. The van der Waals surface area contributed by atoms with Crippen LogP contribution < -0.4 is 15.2 Å². The van der Waals surface area contributed by atoms with E-state index in [4.69, 9.17) is 19.9 Å². The molecule has 2 aromatic heterocycles. The fourth-order valence-electron chi connectivity index (χ4n) is 4.76. The third kappa shape index (κ3) is 5.78. The highest BCUT2D eigenvalue weighted by atomic mass is 16.6. The van der Waals surface area contributed by atoms with Gasteiger partial charge < -0.3 is 24.8 Å². The van der Waals surface area contributed by atoms with Gasteiger partial charge in [-0.05, 0) is 75.9 Å². The average molecular weight is 542 g/mol. The van der Waals surface area contributed by atoms with Crippen molar-refractivity contribution in [2.24, 2.45) is 11.7 Å². The maximum Gasteiger partial charge on any atom is 0.410 e. The van der Waals surface area contributed by atoms with Gasteiger partial charge in [-0.3, -0.25) is 9.55 Å². The van der Waals surface area contributed by atoms with E-state index in [0.29, 0.717) is 58.9 Å². The minimum Gasteiger partial charge on any atom is -0.492 e. The number of aromatic nitrogens is 2. The van der Waals surface area contributed by atoms with Crippen molar-refractivity contribution >= 4 is 33.9 Å². The van der Waals surface area contributed by atoms with Crippen molar-refractivity contribution in [2.75, 3.05) is 19.7 Å². The highest BCUT2D eigenvalue weighted by molar-refractivity contribution is 5.92. The maximum absolute atomic E-state index is 12.3. The molecule has 4 aromatic rings. The number of pyridine rings is 1. The number of fused-ring (bicyclic) bond motifs is 2. The van der Waals surface area contributed by atoms with Gasteiger partial charge in [-0.2, -0.15) is 5.26 Å². The molecule has 10 nitrogen and oxygen atoms in total. The Bertz CT molecular complexity index is 1620. The molecule has 5 rings (SSSR count). The Balaban J connectivity index is 1.28. The molecule has 0 atom stereocenters. The van der Waals surface area contributed by atoms with E-state index in [1.54, 1.807) is 53.7 Å². The van der Waals surface area contributed by atoms with Crippen LogP contribution in [-0.2, 0) is 4.74 Å². The van der Waals surface area contributed by atoms with E-state index in [9.17, 15) is 14.9 Å². The van der Waals surface area contributed by atoms with Gasteiger partial charge in [-0.25, -0.2) is 9.59 Å². The molecule has 1 aliphatic rings. The lowest BCUT2D eigenvalue weighted by atomic mass is 9.98. The number of hydrogen-bond acceptors (Lipinski definition) is 7. The van der Waals surface area contributed by atoms with Gasteiger partial charge in [0.1, 0.15) is 28.9 Å². The Hall–Kier alpha value is -4.78. The highest BCUT2D eigenvalue weighted by Gasteiger charge is 2.27. The van der Waals surface area contributed by atoms with Crippen LogP contribution in [-0.4, -0.2) is 51.9 Å². The van der Waals surface area contributed by atoms with Crippen LogP contribution in [0.2, 0.25) is 0 Å². The lowest BCUT2D eigenvalue weighted by Gasteiger charge is -2.33. The Labute approximate surface area is 231 Å². The predicted octanol–water partition coefficient (Wildman–Crippen LogP) is 5.81. The standard InChI is InChI=1S/C30H31N5O5/c1-30(2,3)40-29(37)34-11-7-19(8-12-34)18-38-27-16-24-23(15-21(27)17-31)26(6-10-33-24)39-22-4-5-25-20(14-22)9-13-35(25)28(32)36/h4-6,9-10,13-16,19H,7-8,11-12,18H2,1-3H3,(H2,32,36). The number of nitrogens with two attached hydrogens (primary N) is 1. The normalized spacial score (nSPS) is 14.2. The van der Waals surface area contributed by atoms with E-state index in [2.05, 4.69) is 11.1 Å². The summed E-state index contributed by atoms with van der Waals surface area (Å²) in [7, 11) is 0. The monoisotopic (exact) mass is 541 g/mol. The van der Waals surface area contributed by atoms with Gasteiger partial charge in [-0.15, -0.1) is 0 Å². The number of nitriles is 1. The molecule has 2 amide bonds. The Morgan fingerprint density at radius 3 is 2.58 bits per heavy atom. The fourth-order valence-corrected chi connectivity index (χ4v) is 4.76. The van der Waals surface area contributed by atoms with Crippen molar-refractivity contribution in [3.8, 4) is 23.3 Å². The molecule has 1 saturated heterocycles. The molecule has 0 saturated carbocycles. The third-order valence-electron chi connectivity index (χ3n) is 6.79. The second-order valence-electron chi connectivity index (χ2n) is 10.9. The topological polar surface area (TPSA) is 133 Å². The second-order valence-corrected chi connectivity index (χ2v) is 10.9. The van der Waals surface area contributed by atoms with Gasteiger partial charge in [-0.1, -0.05) is 0 Å². The lowest BCUT2D eigenvalue weighted by molar-refractivity contribution is 0.0165.